The van der Waals surface area contributed by atoms with Crippen LogP contribution in [-0.2, 0) is 4.79 Å². The van der Waals surface area contributed by atoms with E-state index >= 15 is 0 Å². The van der Waals surface area contributed by atoms with Gasteiger partial charge >= 0.3 is 0 Å². The summed E-state index contributed by atoms with van der Waals surface area (Å²) in [5.41, 5.74) is 2.21. The largest absolute Gasteiger partial charge is 0.322 e. The van der Waals surface area contributed by atoms with E-state index < -0.39 is 0 Å². The van der Waals surface area contributed by atoms with Crippen molar-refractivity contribution in [3.63, 3.8) is 0 Å². The normalized spacial score (nSPS) is 14.1. The van der Waals surface area contributed by atoms with Crippen molar-refractivity contribution in [1.29, 1.82) is 0 Å². The Kier molecular flexibility index (Phi) is 4.67. The zero-order valence-corrected chi connectivity index (χ0v) is 13.7. The number of hydrogen-bond acceptors (Lipinski definition) is 3. The van der Waals surface area contributed by atoms with E-state index in [0.717, 1.165) is 29.2 Å². The van der Waals surface area contributed by atoms with Crippen LogP contribution in [0.15, 0.2) is 53.4 Å². The van der Waals surface area contributed by atoms with Gasteiger partial charge in [0.15, 0.2) is 0 Å². The minimum atomic E-state index is -0.150. The third kappa shape index (κ3) is 3.56. The molecule has 1 fully saturated rings. The molecule has 0 spiro atoms. The minimum Gasteiger partial charge on any atom is -0.322 e. The van der Waals surface area contributed by atoms with Crippen LogP contribution in [0.3, 0.4) is 0 Å². The van der Waals surface area contributed by atoms with Crippen molar-refractivity contribution in [3.05, 3.63) is 54.1 Å². The van der Waals surface area contributed by atoms with Crippen LogP contribution in [0.2, 0.25) is 0 Å². The molecule has 1 saturated heterocycles. The van der Waals surface area contributed by atoms with Gasteiger partial charge in [0.1, 0.15) is 0 Å². The van der Waals surface area contributed by atoms with E-state index in [-0.39, 0.29) is 11.8 Å². The number of thioether (sulfide) groups is 1. The van der Waals surface area contributed by atoms with Gasteiger partial charge in [-0.3, -0.25) is 9.59 Å². The molecule has 1 heterocycles. The Morgan fingerprint density at radius 2 is 1.96 bits per heavy atom. The number of carbonyl (C=O) groups excluding carboxylic acids is 2. The molecule has 0 bridgehead atoms. The summed E-state index contributed by atoms with van der Waals surface area (Å²) in [6, 6.07) is 14.9. The van der Waals surface area contributed by atoms with Crippen molar-refractivity contribution >= 4 is 35.0 Å². The van der Waals surface area contributed by atoms with Crippen molar-refractivity contribution in [3.8, 4) is 0 Å². The van der Waals surface area contributed by atoms with Crippen LogP contribution in [0, 0.1) is 0 Å². The summed E-state index contributed by atoms with van der Waals surface area (Å²) >= 11 is 1.63. The summed E-state index contributed by atoms with van der Waals surface area (Å²) in [6.07, 6.45) is 3.50. The second-order valence-electron chi connectivity index (χ2n) is 5.38. The van der Waals surface area contributed by atoms with E-state index in [1.54, 1.807) is 28.8 Å². The van der Waals surface area contributed by atoms with Crippen molar-refractivity contribution in [1.82, 2.24) is 0 Å². The van der Waals surface area contributed by atoms with E-state index in [2.05, 4.69) is 5.32 Å². The van der Waals surface area contributed by atoms with Crippen LogP contribution in [0.1, 0.15) is 23.2 Å². The maximum absolute atomic E-state index is 12.3. The molecule has 0 unspecified atom stereocenters. The molecule has 1 aliphatic rings. The van der Waals surface area contributed by atoms with E-state index in [1.165, 1.54) is 0 Å². The lowest BCUT2D eigenvalue weighted by atomic mass is 10.1. The highest BCUT2D eigenvalue weighted by Crippen LogP contribution is 2.23. The standard InChI is InChI=1S/C18H18N2O2S/c1-23-16-5-2-4-14(12-16)19-18(22)13-7-9-15(10-8-13)20-11-3-6-17(20)21/h2,4-5,7-10,12H,3,6,11H2,1H3,(H,19,22). The predicted octanol–water partition coefficient (Wildman–Crippen LogP) is 3.79. The van der Waals surface area contributed by atoms with Gasteiger partial charge in [-0.1, -0.05) is 6.07 Å². The number of hydrogen-bond donors (Lipinski definition) is 1. The molecule has 3 rings (SSSR count). The Hall–Kier alpha value is -2.27. The van der Waals surface area contributed by atoms with Crippen LogP contribution in [0.4, 0.5) is 11.4 Å². The zero-order chi connectivity index (χ0) is 16.2. The minimum absolute atomic E-state index is 0.149. The molecule has 2 amide bonds. The van der Waals surface area contributed by atoms with Gasteiger partial charge in [0.2, 0.25) is 5.91 Å². The van der Waals surface area contributed by atoms with Gasteiger partial charge in [-0.15, -0.1) is 11.8 Å². The molecule has 0 aromatic heterocycles. The lowest BCUT2D eigenvalue weighted by molar-refractivity contribution is -0.117. The van der Waals surface area contributed by atoms with E-state index in [4.69, 9.17) is 0 Å². The highest BCUT2D eigenvalue weighted by molar-refractivity contribution is 7.98. The third-order valence-electron chi connectivity index (χ3n) is 3.84. The molecular formula is C18H18N2O2S. The maximum atomic E-state index is 12.3. The molecule has 2 aromatic carbocycles. The summed E-state index contributed by atoms with van der Waals surface area (Å²) in [5.74, 6) is -0.00127. The summed E-state index contributed by atoms with van der Waals surface area (Å²) in [5, 5.41) is 2.90. The van der Waals surface area contributed by atoms with Crippen LogP contribution in [-0.4, -0.2) is 24.6 Å². The average Bonchev–Trinajstić information content (AvgIpc) is 3.01. The first kappa shape index (κ1) is 15.6. The number of carbonyl (C=O) groups is 2. The van der Waals surface area contributed by atoms with Crippen molar-refractivity contribution in [2.75, 3.05) is 23.0 Å². The quantitative estimate of drug-likeness (QED) is 0.870. The first-order valence-corrected chi connectivity index (χ1v) is 8.76. The van der Waals surface area contributed by atoms with Crippen LogP contribution < -0.4 is 10.2 Å². The van der Waals surface area contributed by atoms with Gasteiger partial charge in [-0.25, -0.2) is 0 Å². The smallest absolute Gasteiger partial charge is 0.255 e. The van der Waals surface area contributed by atoms with Gasteiger partial charge in [0.05, 0.1) is 0 Å². The number of amides is 2. The van der Waals surface area contributed by atoms with E-state index in [0.29, 0.717) is 12.0 Å². The molecule has 2 aromatic rings. The van der Waals surface area contributed by atoms with Crippen LogP contribution >= 0.6 is 11.8 Å². The van der Waals surface area contributed by atoms with Gasteiger partial charge < -0.3 is 10.2 Å². The number of anilines is 2. The fraction of sp³-hybridized carbons (Fsp3) is 0.222. The van der Waals surface area contributed by atoms with Crippen LogP contribution in [0.25, 0.3) is 0 Å². The lowest BCUT2D eigenvalue weighted by Crippen LogP contribution is -2.23. The summed E-state index contributed by atoms with van der Waals surface area (Å²) in [4.78, 5) is 26.9. The highest BCUT2D eigenvalue weighted by Gasteiger charge is 2.21. The Labute approximate surface area is 139 Å². The maximum Gasteiger partial charge on any atom is 0.255 e. The lowest BCUT2D eigenvalue weighted by Gasteiger charge is -2.15. The highest BCUT2D eigenvalue weighted by atomic mass is 32.2. The molecule has 1 N–H and O–H groups in total. The van der Waals surface area contributed by atoms with Gasteiger partial charge in [0, 0.05) is 34.8 Å². The predicted molar refractivity (Wildman–Crippen MR) is 94.2 cm³/mol. The molecule has 0 saturated carbocycles. The number of nitrogens with zero attached hydrogens (tertiary/aromatic N) is 1. The van der Waals surface area contributed by atoms with Crippen molar-refractivity contribution in [2.45, 2.75) is 17.7 Å². The summed E-state index contributed by atoms with van der Waals surface area (Å²) in [7, 11) is 0. The molecular weight excluding hydrogens is 308 g/mol. The van der Waals surface area contributed by atoms with Gasteiger partial charge in [0.25, 0.3) is 5.91 Å². The molecule has 5 heteroatoms. The van der Waals surface area contributed by atoms with Gasteiger partial charge in [-0.2, -0.15) is 0 Å². The SMILES string of the molecule is CSc1cccc(NC(=O)c2ccc(N3CCCC3=O)cc2)c1. The Bertz CT molecular complexity index is 728. The monoisotopic (exact) mass is 326 g/mol. The second kappa shape index (κ2) is 6.87. The molecule has 0 atom stereocenters. The second-order valence-corrected chi connectivity index (χ2v) is 6.26. The Morgan fingerprint density at radius 1 is 1.17 bits per heavy atom. The van der Waals surface area contributed by atoms with E-state index in [1.807, 2.05) is 42.7 Å². The Morgan fingerprint density at radius 3 is 2.61 bits per heavy atom. The summed E-state index contributed by atoms with van der Waals surface area (Å²) < 4.78 is 0. The van der Waals surface area contributed by atoms with Crippen LogP contribution in [0.5, 0.6) is 0 Å². The Balaban J connectivity index is 1.71. The van der Waals surface area contributed by atoms with E-state index in [9.17, 15) is 9.59 Å². The molecule has 23 heavy (non-hydrogen) atoms. The number of rotatable bonds is 4. The zero-order valence-electron chi connectivity index (χ0n) is 12.9. The number of nitrogens with one attached hydrogen (secondary N) is 1. The van der Waals surface area contributed by atoms with Crippen molar-refractivity contribution in [2.24, 2.45) is 0 Å². The summed E-state index contributed by atoms with van der Waals surface area (Å²) in [6.45, 7) is 0.756. The van der Waals surface area contributed by atoms with Gasteiger partial charge in [-0.05, 0) is 55.1 Å². The first-order chi connectivity index (χ1) is 11.2. The first-order valence-electron chi connectivity index (χ1n) is 7.53. The average molecular weight is 326 g/mol. The molecule has 0 aliphatic carbocycles. The fourth-order valence-electron chi connectivity index (χ4n) is 2.62. The molecule has 0 radical (unpaired) electrons. The fourth-order valence-corrected chi connectivity index (χ4v) is 3.08. The number of benzene rings is 2. The topological polar surface area (TPSA) is 49.4 Å². The van der Waals surface area contributed by atoms with Crippen molar-refractivity contribution < 1.29 is 9.59 Å². The molecule has 118 valence electrons. The third-order valence-corrected chi connectivity index (χ3v) is 4.57. The molecule has 4 nitrogen and oxygen atoms in total. The molecule has 1 aliphatic heterocycles.